The van der Waals surface area contributed by atoms with Gasteiger partial charge in [-0.15, -0.1) is 0 Å². The quantitative estimate of drug-likeness (QED) is 0.832. The summed E-state index contributed by atoms with van der Waals surface area (Å²) in [6, 6.07) is 2.14. The number of nitrogens with zero attached hydrogens (tertiary/aromatic N) is 2. The molecule has 3 saturated carbocycles. The van der Waals surface area contributed by atoms with E-state index in [4.69, 9.17) is 0 Å². The highest BCUT2D eigenvalue weighted by molar-refractivity contribution is 7.90. The highest BCUT2D eigenvalue weighted by Crippen LogP contribution is 2.71. The average Bonchev–Trinajstić information content (AvgIpc) is 3.45. The molecule has 1 spiro atoms. The molecule has 132 valence electrons. The number of nitrogens with one attached hydrogen (secondary N) is 1. The van der Waals surface area contributed by atoms with Gasteiger partial charge in [0, 0.05) is 24.5 Å². The van der Waals surface area contributed by atoms with E-state index in [1.54, 1.807) is 4.31 Å². The van der Waals surface area contributed by atoms with Gasteiger partial charge in [-0.3, -0.25) is 4.79 Å². The molecule has 4 aliphatic rings. The lowest BCUT2D eigenvalue weighted by atomic mass is 9.91. The predicted octanol–water partition coefficient (Wildman–Crippen LogP) is 1.53. The fourth-order valence-electron chi connectivity index (χ4n) is 4.83. The molecule has 1 amide bonds. The maximum atomic E-state index is 12.8. The Morgan fingerprint density at radius 2 is 1.88 bits per heavy atom. The second-order valence-electron chi connectivity index (χ2n) is 8.10. The second kappa shape index (κ2) is 5.43. The highest BCUT2D eigenvalue weighted by atomic mass is 32.2. The summed E-state index contributed by atoms with van der Waals surface area (Å²) in [5, 5.41) is 12.4. The summed E-state index contributed by atoms with van der Waals surface area (Å²) in [6.45, 7) is 0.914. The highest BCUT2D eigenvalue weighted by Gasteiger charge is 2.72. The molecular weight excluding hydrogens is 326 g/mol. The van der Waals surface area contributed by atoms with Crippen molar-refractivity contribution in [1.82, 2.24) is 9.62 Å². The summed E-state index contributed by atoms with van der Waals surface area (Å²) in [4.78, 5) is 12.8. The molecule has 7 heteroatoms. The zero-order valence-electron chi connectivity index (χ0n) is 14.0. The molecule has 1 heterocycles. The largest absolute Gasteiger partial charge is 0.351 e. The predicted molar refractivity (Wildman–Crippen MR) is 88.2 cm³/mol. The van der Waals surface area contributed by atoms with E-state index in [0.29, 0.717) is 19.5 Å². The molecule has 6 nitrogen and oxygen atoms in total. The van der Waals surface area contributed by atoms with Gasteiger partial charge in [-0.2, -0.15) is 9.57 Å². The van der Waals surface area contributed by atoms with Gasteiger partial charge in [0.25, 0.3) is 0 Å². The molecule has 0 aromatic carbocycles. The standard InChI is InChI=1S/C17H25N3O3S/c18-12-17(11-16(17)7-1-2-8-16)15(21)19-13-4-3-9-20(10-13)24(22,23)14-5-6-14/h13-14H,1-11H2,(H,19,21)/t13-,17+/m1/s1. The molecule has 4 rings (SSSR count). The van der Waals surface area contributed by atoms with E-state index in [1.165, 1.54) is 0 Å². The van der Waals surface area contributed by atoms with Crippen LogP contribution in [0.5, 0.6) is 0 Å². The zero-order chi connectivity index (χ0) is 17.0. The molecule has 2 atom stereocenters. The number of rotatable bonds is 4. The molecule has 0 unspecified atom stereocenters. The van der Waals surface area contributed by atoms with Crippen LogP contribution >= 0.6 is 0 Å². The van der Waals surface area contributed by atoms with Gasteiger partial charge in [-0.05, 0) is 44.9 Å². The Morgan fingerprint density at radius 1 is 1.17 bits per heavy atom. The van der Waals surface area contributed by atoms with Crippen LogP contribution in [0.25, 0.3) is 0 Å². The lowest BCUT2D eigenvalue weighted by Gasteiger charge is -2.33. The molecule has 3 aliphatic carbocycles. The van der Waals surface area contributed by atoms with Gasteiger partial charge in [0.05, 0.1) is 11.3 Å². The first-order valence-corrected chi connectivity index (χ1v) is 10.7. The average molecular weight is 351 g/mol. The smallest absolute Gasteiger partial charge is 0.241 e. The van der Waals surface area contributed by atoms with Crippen LogP contribution in [-0.2, 0) is 14.8 Å². The van der Waals surface area contributed by atoms with Crippen LogP contribution in [-0.4, -0.2) is 43.0 Å². The molecule has 1 saturated heterocycles. The van der Waals surface area contributed by atoms with E-state index in [1.807, 2.05) is 0 Å². The molecule has 4 fully saturated rings. The summed E-state index contributed by atoms with van der Waals surface area (Å²) < 4.78 is 26.4. The van der Waals surface area contributed by atoms with Crippen molar-refractivity contribution >= 4 is 15.9 Å². The number of piperidine rings is 1. The summed E-state index contributed by atoms with van der Waals surface area (Å²) >= 11 is 0. The van der Waals surface area contributed by atoms with E-state index in [-0.39, 0.29) is 22.6 Å². The van der Waals surface area contributed by atoms with Crippen LogP contribution in [0.4, 0.5) is 0 Å². The first-order chi connectivity index (χ1) is 11.4. The van der Waals surface area contributed by atoms with Crippen LogP contribution in [0, 0.1) is 22.2 Å². The second-order valence-corrected chi connectivity index (χ2v) is 10.3. The molecule has 1 aliphatic heterocycles. The number of sulfonamides is 1. The summed E-state index contributed by atoms with van der Waals surface area (Å²) in [5.41, 5.74) is -0.957. The number of carbonyl (C=O) groups is 1. The molecule has 0 bridgehead atoms. The first kappa shape index (κ1) is 16.3. The van der Waals surface area contributed by atoms with Gasteiger partial charge in [0.1, 0.15) is 5.41 Å². The number of amides is 1. The zero-order valence-corrected chi connectivity index (χ0v) is 14.8. The van der Waals surface area contributed by atoms with Gasteiger partial charge in [0.2, 0.25) is 15.9 Å². The first-order valence-electron chi connectivity index (χ1n) is 9.15. The number of hydrogen-bond acceptors (Lipinski definition) is 4. The summed E-state index contributed by atoms with van der Waals surface area (Å²) in [5.74, 6) is -0.164. The van der Waals surface area contributed by atoms with Gasteiger partial charge < -0.3 is 5.32 Å². The summed E-state index contributed by atoms with van der Waals surface area (Å²) in [7, 11) is -3.19. The Balaban J connectivity index is 1.42. The minimum absolute atomic E-state index is 0.0969. The van der Waals surface area contributed by atoms with E-state index in [2.05, 4.69) is 11.4 Å². The van der Waals surface area contributed by atoms with Crippen molar-refractivity contribution in [2.24, 2.45) is 10.8 Å². The van der Waals surface area contributed by atoms with Gasteiger partial charge in [0.15, 0.2) is 0 Å². The third kappa shape index (κ3) is 2.38. The van der Waals surface area contributed by atoms with Crippen molar-refractivity contribution in [3.8, 4) is 6.07 Å². The summed E-state index contributed by atoms with van der Waals surface area (Å²) in [6.07, 6.45) is 7.91. The Hall–Kier alpha value is -1.13. The van der Waals surface area contributed by atoms with Crippen LogP contribution in [0.2, 0.25) is 0 Å². The number of nitriles is 1. The molecule has 1 N–H and O–H groups in total. The van der Waals surface area contributed by atoms with Crippen molar-refractivity contribution in [2.75, 3.05) is 13.1 Å². The van der Waals surface area contributed by atoms with Gasteiger partial charge in [-0.1, -0.05) is 12.8 Å². The minimum atomic E-state index is -3.19. The van der Waals surface area contributed by atoms with Crippen LogP contribution in [0.3, 0.4) is 0 Å². The van der Waals surface area contributed by atoms with E-state index < -0.39 is 15.4 Å². The van der Waals surface area contributed by atoms with Crippen molar-refractivity contribution < 1.29 is 13.2 Å². The fourth-order valence-corrected chi connectivity index (χ4v) is 6.75. The monoisotopic (exact) mass is 351 g/mol. The number of hydrogen-bond donors (Lipinski definition) is 1. The Labute approximate surface area is 143 Å². The lowest BCUT2D eigenvalue weighted by molar-refractivity contribution is -0.126. The topological polar surface area (TPSA) is 90.3 Å². The number of carbonyl (C=O) groups excluding carboxylic acids is 1. The molecule has 0 radical (unpaired) electrons. The maximum Gasteiger partial charge on any atom is 0.241 e. The van der Waals surface area contributed by atoms with E-state index in [9.17, 15) is 18.5 Å². The lowest BCUT2D eigenvalue weighted by Crippen LogP contribution is -2.52. The van der Waals surface area contributed by atoms with Crippen molar-refractivity contribution in [3.05, 3.63) is 0 Å². The fraction of sp³-hybridized carbons (Fsp3) is 0.882. The Bertz CT molecular complexity index is 688. The van der Waals surface area contributed by atoms with Crippen LogP contribution < -0.4 is 5.32 Å². The molecular formula is C17H25N3O3S. The van der Waals surface area contributed by atoms with Crippen molar-refractivity contribution in [1.29, 1.82) is 5.26 Å². The van der Waals surface area contributed by atoms with Gasteiger partial charge in [-0.25, -0.2) is 8.42 Å². The minimum Gasteiger partial charge on any atom is -0.351 e. The van der Waals surface area contributed by atoms with Crippen LogP contribution in [0.15, 0.2) is 0 Å². The normalized spacial score (nSPS) is 35.5. The van der Waals surface area contributed by atoms with Crippen molar-refractivity contribution in [2.45, 2.75) is 69.1 Å². The van der Waals surface area contributed by atoms with Crippen molar-refractivity contribution in [3.63, 3.8) is 0 Å². The molecule has 0 aromatic rings. The molecule has 24 heavy (non-hydrogen) atoms. The molecule has 0 aromatic heterocycles. The van der Waals surface area contributed by atoms with Crippen LogP contribution in [0.1, 0.15) is 57.8 Å². The van der Waals surface area contributed by atoms with E-state index in [0.717, 1.165) is 51.4 Å². The Morgan fingerprint density at radius 3 is 2.50 bits per heavy atom. The SMILES string of the molecule is N#C[C@]1(C(=O)N[C@@H]2CCCN(S(=O)(=O)C3CC3)C2)CC12CCCC2. The third-order valence-corrected chi connectivity index (χ3v) is 8.91. The third-order valence-electron chi connectivity index (χ3n) is 6.55. The van der Waals surface area contributed by atoms with Gasteiger partial charge >= 0.3 is 0 Å². The Kier molecular flexibility index (Phi) is 3.70. The maximum absolute atomic E-state index is 12.8. The van der Waals surface area contributed by atoms with E-state index >= 15 is 0 Å².